The Labute approximate surface area is 157 Å². The highest BCUT2D eigenvalue weighted by Gasteiger charge is 2.30. The monoisotopic (exact) mass is 382 g/mol. The van der Waals surface area contributed by atoms with Crippen molar-refractivity contribution in [2.24, 2.45) is 0 Å². The Morgan fingerprint density at radius 3 is 2.43 bits per heavy atom. The third kappa shape index (κ3) is 3.32. The summed E-state index contributed by atoms with van der Waals surface area (Å²) < 4.78 is 41.7. The second-order valence-electron chi connectivity index (χ2n) is 5.98. The third-order valence-corrected chi connectivity index (χ3v) is 4.13. The Kier molecular flexibility index (Phi) is 4.31. The lowest BCUT2D eigenvalue weighted by atomic mass is 10.2. The van der Waals surface area contributed by atoms with Crippen molar-refractivity contribution in [2.45, 2.75) is 6.18 Å². The van der Waals surface area contributed by atoms with Crippen LogP contribution in [0.15, 0.2) is 84.0 Å². The zero-order chi connectivity index (χ0) is 19.7. The van der Waals surface area contributed by atoms with Gasteiger partial charge < -0.3 is 0 Å². The second-order valence-corrected chi connectivity index (χ2v) is 5.98. The fraction of sp³-hybridized carbons (Fsp3) is 0.0500. The smallest absolute Gasteiger partial charge is 0.286 e. The fourth-order valence-electron chi connectivity index (χ4n) is 2.81. The van der Waals surface area contributed by atoms with E-state index in [4.69, 9.17) is 0 Å². The molecule has 4 aromatic rings. The standard InChI is InChI=1S/C20H13F3N4O/c21-20(22,23)15-7-4-8-16(13-15)27-11-9-17(28)19(25-27)26-12-10-24-18(26)14-5-2-1-3-6-14/h1-13H. The van der Waals surface area contributed by atoms with Crippen molar-refractivity contribution < 1.29 is 13.2 Å². The molecule has 8 heteroatoms. The van der Waals surface area contributed by atoms with Gasteiger partial charge in [-0.15, -0.1) is 5.10 Å². The number of hydrogen-bond donors (Lipinski definition) is 0. The molecule has 0 atom stereocenters. The van der Waals surface area contributed by atoms with E-state index in [0.29, 0.717) is 5.82 Å². The van der Waals surface area contributed by atoms with E-state index in [2.05, 4.69) is 10.1 Å². The predicted octanol–water partition coefficient (Wildman–Crippen LogP) is 4.10. The molecule has 0 N–H and O–H groups in total. The molecule has 0 aliphatic heterocycles. The number of imidazole rings is 1. The van der Waals surface area contributed by atoms with E-state index in [1.165, 1.54) is 39.8 Å². The van der Waals surface area contributed by atoms with Crippen molar-refractivity contribution >= 4 is 0 Å². The van der Waals surface area contributed by atoms with Crippen molar-refractivity contribution in [3.63, 3.8) is 0 Å². The lowest BCUT2D eigenvalue weighted by Gasteiger charge is -2.12. The summed E-state index contributed by atoms with van der Waals surface area (Å²) in [5.74, 6) is 0.545. The van der Waals surface area contributed by atoms with Crippen LogP contribution in [-0.2, 0) is 6.18 Å². The van der Waals surface area contributed by atoms with Gasteiger partial charge in [0.25, 0.3) is 0 Å². The third-order valence-electron chi connectivity index (χ3n) is 4.13. The summed E-state index contributed by atoms with van der Waals surface area (Å²) in [6, 6.07) is 15.2. The molecule has 0 fully saturated rings. The molecule has 5 nitrogen and oxygen atoms in total. The van der Waals surface area contributed by atoms with Gasteiger partial charge in [0.2, 0.25) is 11.2 Å². The number of alkyl halides is 3. The minimum absolute atomic E-state index is 0.0382. The van der Waals surface area contributed by atoms with Crippen molar-refractivity contribution in [1.29, 1.82) is 0 Å². The molecule has 0 saturated carbocycles. The second kappa shape index (κ2) is 6.80. The Bertz CT molecular complexity index is 1180. The van der Waals surface area contributed by atoms with Crippen LogP contribution in [0.3, 0.4) is 0 Å². The Hall–Kier alpha value is -3.68. The molecule has 0 aliphatic carbocycles. The average Bonchev–Trinajstić information content (AvgIpc) is 3.18. The first-order valence-electron chi connectivity index (χ1n) is 8.30. The summed E-state index contributed by atoms with van der Waals surface area (Å²) in [4.78, 5) is 16.7. The molecular weight excluding hydrogens is 369 g/mol. The van der Waals surface area contributed by atoms with Crippen LogP contribution >= 0.6 is 0 Å². The van der Waals surface area contributed by atoms with Crippen LogP contribution < -0.4 is 5.43 Å². The number of rotatable bonds is 3. The van der Waals surface area contributed by atoms with Gasteiger partial charge in [-0.1, -0.05) is 36.4 Å². The van der Waals surface area contributed by atoms with Crippen LogP contribution in [0.2, 0.25) is 0 Å². The van der Waals surface area contributed by atoms with Crippen molar-refractivity contribution in [1.82, 2.24) is 19.3 Å². The summed E-state index contributed by atoms with van der Waals surface area (Å²) in [6.45, 7) is 0. The summed E-state index contributed by atoms with van der Waals surface area (Å²) >= 11 is 0. The van der Waals surface area contributed by atoms with Crippen molar-refractivity contribution in [3.8, 4) is 22.9 Å². The number of benzene rings is 2. The highest BCUT2D eigenvalue weighted by atomic mass is 19.4. The maximum absolute atomic E-state index is 13.0. The minimum Gasteiger partial charge on any atom is -0.286 e. The molecule has 0 unspecified atom stereocenters. The molecule has 0 aliphatic rings. The minimum atomic E-state index is -4.47. The summed E-state index contributed by atoms with van der Waals surface area (Å²) in [6.07, 6.45) is -0.0171. The Morgan fingerprint density at radius 2 is 1.68 bits per heavy atom. The molecule has 28 heavy (non-hydrogen) atoms. The lowest BCUT2D eigenvalue weighted by molar-refractivity contribution is -0.137. The summed E-state index contributed by atoms with van der Waals surface area (Å²) in [5.41, 5.74) is -0.196. The van der Waals surface area contributed by atoms with Crippen LogP contribution in [0.1, 0.15) is 5.56 Å². The molecule has 0 spiro atoms. The molecule has 0 radical (unpaired) electrons. The van der Waals surface area contributed by atoms with Gasteiger partial charge in [0.1, 0.15) is 5.82 Å². The van der Waals surface area contributed by atoms with Gasteiger partial charge in [-0.2, -0.15) is 13.2 Å². The Balaban J connectivity index is 1.83. The van der Waals surface area contributed by atoms with Crippen molar-refractivity contribution in [3.05, 3.63) is 95.0 Å². The van der Waals surface area contributed by atoms with E-state index in [-0.39, 0.29) is 16.9 Å². The normalized spacial score (nSPS) is 11.5. The van der Waals surface area contributed by atoms with Crippen LogP contribution in [0.4, 0.5) is 13.2 Å². The van der Waals surface area contributed by atoms with E-state index in [0.717, 1.165) is 17.7 Å². The first kappa shape index (κ1) is 17.7. The van der Waals surface area contributed by atoms with E-state index < -0.39 is 11.7 Å². The number of nitrogens with zero attached hydrogens (tertiary/aromatic N) is 4. The SMILES string of the molecule is O=c1ccn(-c2cccc(C(F)(F)F)c2)nc1-n1ccnc1-c1ccccc1. The highest BCUT2D eigenvalue weighted by molar-refractivity contribution is 5.57. The Morgan fingerprint density at radius 1 is 0.893 bits per heavy atom. The largest absolute Gasteiger partial charge is 0.416 e. The number of hydrogen-bond acceptors (Lipinski definition) is 3. The molecule has 140 valence electrons. The van der Waals surface area contributed by atoms with E-state index in [1.807, 2.05) is 30.3 Å². The molecular formula is C20H13F3N4O. The van der Waals surface area contributed by atoms with E-state index in [1.54, 1.807) is 6.20 Å². The zero-order valence-electron chi connectivity index (χ0n) is 14.3. The van der Waals surface area contributed by atoms with Gasteiger partial charge in [0, 0.05) is 30.2 Å². The summed E-state index contributed by atoms with van der Waals surface area (Å²) in [7, 11) is 0. The zero-order valence-corrected chi connectivity index (χ0v) is 14.3. The first-order valence-corrected chi connectivity index (χ1v) is 8.30. The van der Waals surface area contributed by atoms with Gasteiger partial charge in [0.15, 0.2) is 0 Å². The molecule has 4 rings (SSSR count). The van der Waals surface area contributed by atoms with Gasteiger partial charge in [-0.3, -0.25) is 9.36 Å². The van der Waals surface area contributed by atoms with Crippen LogP contribution in [0.5, 0.6) is 0 Å². The van der Waals surface area contributed by atoms with Gasteiger partial charge >= 0.3 is 6.18 Å². The maximum Gasteiger partial charge on any atom is 0.416 e. The quantitative estimate of drug-likeness (QED) is 0.536. The number of aromatic nitrogens is 4. The molecule has 0 bridgehead atoms. The number of halogens is 3. The lowest BCUT2D eigenvalue weighted by Crippen LogP contribution is -2.18. The maximum atomic E-state index is 13.0. The average molecular weight is 382 g/mol. The first-order chi connectivity index (χ1) is 13.4. The van der Waals surface area contributed by atoms with Crippen LogP contribution in [-0.4, -0.2) is 19.3 Å². The molecule has 2 heterocycles. The van der Waals surface area contributed by atoms with E-state index in [9.17, 15) is 18.0 Å². The molecule has 0 amide bonds. The van der Waals surface area contributed by atoms with Crippen LogP contribution in [0.25, 0.3) is 22.9 Å². The molecule has 0 saturated heterocycles. The molecule has 2 aromatic carbocycles. The van der Waals surface area contributed by atoms with Crippen molar-refractivity contribution in [2.75, 3.05) is 0 Å². The van der Waals surface area contributed by atoms with Gasteiger partial charge in [0.05, 0.1) is 11.3 Å². The van der Waals surface area contributed by atoms with Gasteiger partial charge in [-0.05, 0) is 18.2 Å². The van der Waals surface area contributed by atoms with Crippen LogP contribution in [0, 0.1) is 0 Å². The fourth-order valence-corrected chi connectivity index (χ4v) is 2.81. The summed E-state index contributed by atoms with van der Waals surface area (Å²) in [5, 5.41) is 4.25. The highest BCUT2D eigenvalue weighted by Crippen LogP contribution is 2.30. The predicted molar refractivity (Wildman–Crippen MR) is 97.4 cm³/mol. The molecule has 2 aromatic heterocycles. The topological polar surface area (TPSA) is 52.7 Å². The van der Waals surface area contributed by atoms with Gasteiger partial charge in [-0.25, -0.2) is 9.67 Å². The van der Waals surface area contributed by atoms with E-state index >= 15 is 0 Å².